The fraction of sp³-hybridized carbons (Fsp3) is 0.750. The van der Waals surface area contributed by atoms with Crippen molar-refractivity contribution in [2.75, 3.05) is 6.61 Å². The second-order valence-corrected chi connectivity index (χ2v) is 22.4. The van der Waals surface area contributed by atoms with Crippen LogP contribution < -0.4 is 0 Å². The summed E-state index contributed by atoms with van der Waals surface area (Å²) in [5, 5.41) is 11.1. The highest BCUT2D eigenvalue weighted by Crippen LogP contribution is 2.43. The SMILES string of the molecule is CC(C)(C)[Si](C)(C)OC[C@H]1O[C@@H](n2cc(CO)c3c(Cl)ncnc32)C[C@@H]1O[Si](C)(C)C(C)(C)C. The largest absolute Gasteiger partial charge is 0.414 e. The van der Waals surface area contributed by atoms with Gasteiger partial charge in [-0.25, -0.2) is 9.97 Å². The van der Waals surface area contributed by atoms with Gasteiger partial charge in [-0.15, -0.1) is 0 Å². The molecule has 2 aromatic rings. The predicted molar refractivity (Wildman–Crippen MR) is 142 cm³/mol. The topological polar surface area (TPSA) is 78.6 Å². The molecule has 1 aliphatic heterocycles. The fourth-order valence-electron chi connectivity index (χ4n) is 3.67. The average molecular weight is 528 g/mol. The molecule has 0 saturated carbocycles. The average Bonchev–Trinajstić information content (AvgIpc) is 3.26. The highest BCUT2D eigenvalue weighted by Gasteiger charge is 2.46. The van der Waals surface area contributed by atoms with Crippen LogP contribution in [-0.2, 0) is 20.2 Å². The Hall–Kier alpha value is -0.816. The van der Waals surface area contributed by atoms with Gasteiger partial charge in [-0.2, -0.15) is 0 Å². The summed E-state index contributed by atoms with van der Waals surface area (Å²) in [4.78, 5) is 8.55. The van der Waals surface area contributed by atoms with Gasteiger partial charge in [0.2, 0.25) is 0 Å². The molecular formula is C24H42ClN3O4Si2. The minimum atomic E-state index is -2.04. The first-order valence-electron chi connectivity index (χ1n) is 12.1. The maximum Gasteiger partial charge on any atom is 0.192 e. The van der Waals surface area contributed by atoms with E-state index in [0.29, 0.717) is 34.8 Å². The summed E-state index contributed by atoms with van der Waals surface area (Å²) < 4.78 is 22.0. The van der Waals surface area contributed by atoms with Gasteiger partial charge >= 0.3 is 0 Å². The van der Waals surface area contributed by atoms with Crippen molar-refractivity contribution in [2.45, 2.75) is 109 Å². The van der Waals surface area contributed by atoms with Crippen molar-refractivity contribution >= 4 is 39.3 Å². The number of aromatic nitrogens is 3. The first-order valence-corrected chi connectivity index (χ1v) is 18.3. The smallest absolute Gasteiger partial charge is 0.192 e. The van der Waals surface area contributed by atoms with E-state index in [1.807, 2.05) is 10.8 Å². The third-order valence-electron chi connectivity index (χ3n) is 7.97. The van der Waals surface area contributed by atoms with Gasteiger partial charge in [0, 0.05) is 18.2 Å². The van der Waals surface area contributed by atoms with E-state index in [2.05, 4.69) is 77.7 Å². The number of nitrogens with zero attached hydrogens (tertiary/aromatic N) is 3. The molecule has 0 aromatic carbocycles. The molecule has 1 fully saturated rings. The second-order valence-electron chi connectivity index (χ2n) is 12.4. The van der Waals surface area contributed by atoms with Crippen molar-refractivity contribution in [1.82, 2.24) is 14.5 Å². The van der Waals surface area contributed by atoms with Crippen molar-refractivity contribution in [1.29, 1.82) is 0 Å². The van der Waals surface area contributed by atoms with E-state index in [1.165, 1.54) is 6.33 Å². The number of aliphatic hydroxyl groups excluding tert-OH is 1. The van der Waals surface area contributed by atoms with E-state index in [9.17, 15) is 5.11 Å². The normalized spacial score (nSPS) is 22.6. The zero-order valence-corrected chi connectivity index (χ0v) is 25.2. The maximum atomic E-state index is 9.91. The van der Waals surface area contributed by atoms with Crippen LogP contribution in [0.25, 0.3) is 11.0 Å². The first kappa shape index (κ1) is 27.8. The van der Waals surface area contributed by atoms with Gasteiger partial charge in [0.15, 0.2) is 16.6 Å². The molecule has 1 saturated heterocycles. The predicted octanol–water partition coefficient (Wildman–Crippen LogP) is 6.28. The summed E-state index contributed by atoms with van der Waals surface area (Å²) in [5.74, 6) is 0. The van der Waals surface area contributed by atoms with E-state index in [4.69, 9.17) is 25.2 Å². The number of fused-ring (bicyclic) bond motifs is 1. The van der Waals surface area contributed by atoms with Crippen LogP contribution >= 0.6 is 11.6 Å². The van der Waals surface area contributed by atoms with Crippen LogP contribution in [0, 0.1) is 0 Å². The molecular weight excluding hydrogens is 486 g/mol. The van der Waals surface area contributed by atoms with E-state index in [-0.39, 0.29) is 35.1 Å². The fourth-order valence-corrected chi connectivity index (χ4v) is 6.29. The van der Waals surface area contributed by atoms with Crippen LogP contribution in [0.15, 0.2) is 12.5 Å². The molecule has 1 N–H and O–H groups in total. The van der Waals surface area contributed by atoms with Crippen molar-refractivity contribution in [3.63, 3.8) is 0 Å². The molecule has 10 heteroatoms. The van der Waals surface area contributed by atoms with E-state index < -0.39 is 16.6 Å². The zero-order chi connectivity index (χ0) is 25.7. The first-order chi connectivity index (χ1) is 15.5. The number of hydrogen-bond donors (Lipinski definition) is 1. The standard InChI is InChI=1S/C24H42ClN3O4Si2/c1-23(2,3)33(7,8)30-14-18-17(32-34(9,10)24(4,5)6)11-19(31-18)28-12-16(13-29)20-21(25)26-15-27-22(20)28/h12,15,17-19,29H,11,13-14H2,1-10H3/t17-,18+,19+/m0/s1. The van der Waals surface area contributed by atoms with Gasteiger partial charge < -0.3 is 23.3 Å². The molecule has 1 aliphatic rings. The summed E-state index contributed by atoms with van der Waals surface area (Å²) in [6.07, 6.45) is 3.41. The molecule has 3 heterocycles. The van der Waals surface area contributed by atoms with Crippen molar-refractivity contribution in [3.8, 4) is 0 Å². The van der Waals surface area contributed by atoms with Gasteiger partial charge in [0.25, 0.3) is 0 Å². The second kappa shape index (κ2) is 9.57. The number of aliphatic hydroxyl groups is 1. The van der Waals surface area contributed by atoms with Crippen LogP contribution in [0.1, 0.15) is 59.8 Å². The van der Waals surface area contributed by atoms with Crippen molar-refractivity contribution < 1.29 is 18.7 Å². The quantitative estimate of drug-likeness (QED) is 0.337. The maximum absolute atomic E-state index is 9.91. The minimum Gasteiger partial charge on any atom is -0.414 e. The van der Waals surface area contributed by atoms with Gasteiger partial charge in [-0.05, 0) is 36.3 Å². The number of hydrogen-bond acceptors (Lipinski definition) is 6. The molecule has 7 nitrogen and oxygen atoms in total. The molecule has 3 atom stereocenters. The van der Waals surface area contributed by atoms with Crippen molar-refractivity contribution in [2.24, 2.45) is 0 Å². The summed E-state index contributed by atoms with van der Waals surface area (Å²) in [7, 11) is -3.99. The van der Waals surface area contributed by atoms with Crippen LogP contribution in [0.4, 0.5) is 0 Å². The molecule has 192 valence electrons. The van der Waals surface area contributed by atoms with E-state index >= 15 is 0 Å². The minimum absolute atomic E-state index is 0.0842. The zero-order valence-electron chi connectivity index (χ0n) is 22.4. The lowest BCUT2D eigenvalue weighted by molar-refractivity contribution is -0.0382. The summed E-state index contributed by atoms with van der Waals surface area (Å²) >= 11 is 6.35. The van der Waals surface area contributed by atoms with Gasteiger partial charge in [-0.1, -0.05) is 53.1 Å². The Balaban J connectivity index is 1.93. The lowest BCUT2D eigenvalue weighted by Gasteiger charge is -2.40. The summed E-state index contributed by atoms with van der Waals surface area (Å²) in [5.41, 5.74) is 1.35. The Bertz CT molecular complexity index is 1010. The monoisotopic (exact) mass is 527 g/mol. The van der Waals surface area contributed by atoms with Gasteiger partial charge in [-0.3, -0.25) is 0 Å². The van der Waals surface area contributed by atoms with Crippen LogP contribution in [-0.4, -0.2) is 55.1 Å². The number of rotatable bonds is 7. The van der Waals surface area contributed by atoms with Crippen molar-refractivity contribution in [3.05, 3.63) is 23.2 Å². The third-order valence-corrected chi connectivity index (χ3v) is 17.3. The third kappa shape index (κ3) is 5.45. The molecule has 0 amide bonds. The molecule has 0 spiro atoms. The van der Waals surface area contributed by atoms with Crippen LogP contribution in [0.5, 0.6) is 0 Å². The Morgan fingerprint density at radius 2 is 1.71 bits per heavy atom. The number of halogens is 1. The molecule has 0 aliphatic carbocycles. The lowest BCUT2D eigenvalue weighted by Crippen LogP contribution is -2.48. The highest BCUT2D eigenvalue weighted by atomic mass is 35.5. The molecule has 2 aromatic heterocycles. The van der Waals surface area contributed by atoms with Crippen LogP contribution in [0.3, 0.4) is 0 Å². The Kier molecular flexibility index (Phi) is 7.82. The molecule has 3 rings (SSSR count). The van der Waals surface area contributed by atoms with Crippen LogP contribution in [0.2, 0.25) is 41.4 Å². The molecule has 0 bridgehead atoms. The highest BCUT2D eigenvalue weighted by molar-refractivity contribution is 6.74. The van der Waals surface area contributed by atoms with E-state index in [1.54, 1.807) is 0 Å². The summed E-state index contributed by atoms with van der Waals surface area (Å²) in [6, 6.07) is 0. The lowest BCUT2D eigenvalue weighted by atomic mass is 10.2. The Morgan fingerprint density at radius 1 is 1.09 bits per heavy atom. The Morgan fingerprint density at radius 3 is 2.26 bits per heavy atom. The molecule has 0 radical (unpaired) electrons. The number of ether oxygens (including phenoxy) is 1. The summed E-state index contributed by atoms with van der Waals surface area (Å²) in [6.45, 7) is 22.9. The Labute approximate surface area is 211 Å². The molecule has 34 heavy (non-hydrogen) atoms. The van der Waals surface area contributed by atoms with E-state index in [0.717, 1.165) is 0 Å². The van der Waals surface area contributed by atoms with Gasteiger partial charge in [0.05, 0.1) is 24.7 Å². The molecule has 0 unspecified atom stereocenters. The van der Waals surface area contributed by atoms with Gasteiger partial charge in [0.1, 0.15) is 29.5 Å².